The summed E-state index contributed by atoms with van der Waals surface area (Å²) in [4.78, 5) is 12.1. The number of amides is 1. The van der Waals surface area contributed by atoms with Crippen LogP contribution in [0.25, 0.3) is 0 Å². The van der Waals surface area contributed by atoms with Gasteiger partial charge in [-0.25, -0.2) is 0 Å². The van der Waals surface area contributed by atoms with Gasteiger partial charge in [-0.05, 0) is 89.9 Å². The molecule has 0 aromatic carbocycles. The molecule has 0 bridgehead atoms. The van der Waals surface area contributed by atoms with Crippen LogP contribution >= 0.6 is 0 Å². The summed E-state index contributed by atoms with van der Waals surface area (Å²) < 4.78 is 0. The van der Waals surface area contributed by atoms with E-state index in [4.69, 9.17) is 0 Å². The van der Waals surface area contributed by atoms with Gasteiger partial charge in [0.05, 0.1) is 18.8 Å². The summed E-state index contributed by atoms with van der Waals surface area (Å²) in [6.45, 7) is 4.04. The third-order valence-corrected chi connectivity index (χ3v) is 7.49. The van der Waals surface area contributed by atoms with Gasteiger partial charge in [-0.15, -0.1) is 0 Å². The molecule has 0 rings (SSSR count). The zero-order valence-corrected chi connectivity index (χ0v) is 30.4. The molecule has 3 N–H and O–H groups in total. The maximum atomic E-state index is 12.1. The fourth-order valence-corrected chi connectivity index (χ4v) is 4.62. The number of unbranched alkanes of at least 4 members (excludes halogenated alkanes) is 4. The second kappa shape index (κ2) is 38.2. The molecule has 0 saturated heterocycles. The predicted octanol–water partition coefficient (Wildman–Crippen LogP) is 11.4. The van der Waals surface area contributed by atoms with Crippen LogP contribution in [0.1, 0.15) is 129 Å². The lowest BCUT2D eigenvalue weighted by molar-refractivity contribution is -0.123. The fraction of sp³-hybridized carbons (Fsp3) is 0.523. The molecule has 2 unspecified atom stereocenters. The van der Waals surface area contributed by atoms with Crippen LogP contribution in [0, 0.1) is 0 Å². The first-order chi connectivity index (χ1) is 23.7. The summed E-state index contributed by atoms with van der Waals surface area (Å²) in [5.41, 5.74) is 0. The van der Waals surface area contributed by atoms with Gasteiger partial charge in [0.15, 0.2) is 0 Å². The monoisotopic (exact) mass is 660 g/mol. The van der Waals surface area contributed by atoms with Crippen LogP contribution < -0.4 is 5.32 Å². The molecule has 0 saturated carbocycles. The van der Waals surface area contributed by atoms with Crippen LogP contribution in [0.4, 0.5) is 0 Å². The van der Waals surface area contributed by atoms with Crippen LogP contribution in [0.3, 0.4) is 0 Å². The van der Waals surface area contributed by atoms with Crippen molar-refractivity contribution in [3.63, 3.8) is 0 Å². The zero-order valence-electron chi connectivity index (χ0n) is 30.4. The van der Waals surface area contributed by atoms with Gasteiger partial charge in [0.2, 0.25) is 5.91 Å². The Morgan fingerprint density at radius 1 is 0.521 bits per heavy atom. The summed E-state index contributed by atoms with van der Waals surface area (Å²) in [5, 5.41) is 22.5. The molecular formula is C44H69NO3. The zero-order chi connectivity index (χ0) is 35.0. The Morgan fingerprint density at radius 3 is 1.25 bits per heavy atom. The SMILES string of the molecule is CC/C=C\C/C=C\C/C=C\C/C=C\C/C=C\C/C=C\C/C=C\C/C=C\C/C=C\C/C=C\CCCCC(=O)NC(CO)C(O)CCCCC. The number of carbonyl (C=O) groups excluding carboxylic acids is 1. The lowest BCUT2D eigenvalue weighted by atomic mass is 10.0. The average Bonchev–Trinajstić information content (AvgIpc) is 3.09. The molecule has 4 nitrogen and oxygen atoms in total. The van der Waals surface area contributed by atoms with Gasteiger partial charge in [-0.3, -0.25) is 4.79 Å². The molecule has 268 valence electrons. The highest BCUT2D eigenvalue weighted by molar-refractivity contribution is 5.76. The Bertz CT molecular complexity index is 1020. The number of aliphatic hydroxyl groups excluding tert-OH is 2. The number of nitrogens with one attached hydrogen (secondary N) is 1. The van der Waals surface area contributed by atoms with Gasteiger partial charge in [0.1, 0.15) is 0 Å². The van der Waals surface area contributed by atoms with E-state index in [0.29, 0.717) is 12.8 Å². The standard InChI is InChI=1S/C44H69NO3/c1-3-5-7-8-9-10-11-12-13-14-15-16-17-18-19-20-21-22-23-24-25-26-27-28-29-30-31-32-33-34-35-36-38-40-44(48)45-42(41-46)43(47)39-37-6-4-2/h5,7,9-10,12-13,15-16,18-19,21-22,24-25,27-28,30-31,33-34,42-43,46-47H,3-4,6,8,11,14,17,20,23,26,29,32,35-41H2,1-2H3,(H,45,48)/b7-5-,10-9-,13-12-,16-15-,19-18-,22-21-,25-24-,28-27-,31-30-,34-33-. The third kappa shape index (κ3) is 34.1. The minimum absolute atomic E-state index is 0.0936. The largest absolute Gasteiger partial charge is 0.394 e. The van der Waals surface area contributed by atoms with E-state index in [0.717, 1.165) is 103 Å². The topological polar surface area (TPSA) is 69.6 Å². The molecule has 0 aromatic rings. The second-order valence-corrected chi connectivity index (χ2v) is 11.9. The molecule has 0 heterocycles. The van der Waals surface area contributed by atoms with Gasteiger partial charge < -0.3 is 15.5 Å². The molecule has 48 heavy (non-hydrogen) atoms. The number of aliphatic hydroxyl groups is 2. The van der Waals surface area contributed by atoms with Crippen molar-refractivity contribution in [1.29, 1.82) is 0 Å². The predicted molar refractivity (Wildman–Crippen MR) is 211 cm³/mol. The number of rotatable bonds is 31. The maximum Gasteiger partial charge on any atom is 0.220 e. The van der Waals surface area contributed by atoms with Crippen molar-refractivity contribution in [1.82, 2.24) is 5.32 Å². The van der Waals surface area contributed by atoms with E-state index in [2.05, 4.69) is 141 Å². The number of allylic oxidation sites excluding steroid dienone is 20. The summed E-state index contributed by atoms with van der Waals surface area (Å²) in [7, 11) is 0. The Labute approximate surface area is 295 Å². The van der Waals surface area contributed by atoms with Crippen molar-refractivity contribution in [2.24, 2.45) is 0 Å². The van der Waals surface area contributed by atoms with Crippen molar-refractivity contribution in [2.75, 3.05) is 6.61 Å². The maximum absolute atomic E-state index is 12.1. The molecule has 2 atom stereocenters. The highest BCUT2D eigenvalue weighted by Crippen LogP contribution is 2.08. The van der Waals surface area contributed by atoms with Crippen LogP contribution in [0.5, 0.6) is 0 Å². The van der Waals surface area contributed by atoms with E-state index in [1.807, 2.05) is 0 Å². The minimum atomic E-state index is -0.682. The Kier molecular flexibility index (Phi) is 35.7. The highest BCUT2D eigenvalue weighted by atomic mass is 16.3. The number of hydrogen-bond acceptors (Lipinski definition) is 3. The lowest BCUT2D eigenvalue weighted by Gasteiger charge is -2.22. The number of hydrogen-bond donors (Lipinski definition) is 3. The molecular weight excluding hydrogens is 590 g/mol. The van der Waals surface area contributed by atoms with Gasteiger partial charge in [-0.1, -0.05) is 155 Å². The first kappa shape index (κ1) is 44.8. The van der Waals surface area contributed by atoms with Crippen molar-refractivity contribution < 1.29 is 15.0 Å². The van der Waals surface area contributed by atoms with E-state index in [-0.39, 0.29) is 12.5 Å². The van der Waals surface area contributed by atoms with Gasteiger partial charge >= 0.3 is 0 Å². The normalized spacial score (nSPS) is 14.5. The van der Waals surface area contributed by atoms with E-state index in [9.17, 15) is 15.0 Å². The molecule has 0 aliphatic rings. The first-order valence-corrected chi connectivity index (χ1v) is 18.7. The fourth-order valence-electron chi connectivity index (χ4n) is 4.62. The Hall–Kier alpha value is -3.21. The van der Waals surface area contributed by atoms with E-state index >= 15 is 0 Å². The molecule has 0 aliphatic heterocycles. The minimum Gasteiger partial charge on any atom is -0.394 e. The number of carbonyl (C=O) groups is 1. The molecule has 0 fully saturated rings. The molecule has 4 heteroatoms. The molecule has 0 radical (unpaired) electrons. The van der Waals surface area contributed by atoms with Crippen LogP contribution in [-0.2, 0) is 4.79 Å². The van der Waals surface area contributed by atoms with Crippen molar-refractivity contribution in [2.45, 2.75) is 142 Å². The van der Waals surface area contributed by atoms with E-state index in [1.54, 1.807) is 0 Å². The summed E-state index contributed by atoms with van der Waals surface area (Å²) in [6, 6.07) is -0.564. The Morgan fingerprint density at radius 2 is 0.896 bits per heavy atom. The third-order valence-electron chi connectivity index (χ3n) is 7.49. The summed E-state index contributed by atoms with van der Waals surface area (Å²) >= 11 is 0. The molecule has 0 aromatic heterocycles. The molecule has 1 amide bonds. The van der Waals surface area contributed by atoms with Crippen LogP contribution in [0.2, 0.25) is 0 Å². The first-order valence-electron chi connectivity index (χ1n) is 18.7. The second-order valence-electron chi connectivity index (χ2n) is 11.9. The molecule has 0 aliphatic carbocycles. The van der Waals surface area contributed by atoms with E-state index in [1.165, 1.54) is 0 Å². The smallest absolute Gasteiger partial charge is 0.220 e. The van der Waals surface area contributed by atoms with Gasteiger partial charge in [0, 0.05) is 6.42 Å². The quantitative estimate of drug-likeness (QED) is 0.0512. The average molecular weight is 660 g/mol. The highest BCUT2D eigenvalue weighted by Gasteiger charge is 2.19. The van der Waals surface area contributed by atoms with Crippen molar-refractivity contribution >= 4 is 5.91 Å². The van der Waals surface area contributed by atoms with Gasteiger partial charge in [-0.2, -0.15) is 0 Å². The molecule has 0 spiro atoms. The van der Waals surface area contributed by atoms with Gasteiger partial charge in [0.25, 0.3) is 0 Å². The summed E-state index contributed by atoms with van der Waals surface area (Å²) in [5.74, 6) is -0.0936. The van der Waals surface area contributed by atoms with Crippen molar-refractivity contribution in [3.05, 3.63) is 122 Å². The van der Waals surface area contributed by atoms with Crippen molar-refractivity contribution in [3.8, 4) is 0 Å². The summed E-state index contributed by atoms with van der Waals surface area (Å²) in [6.07, 6.45) is 60.4. The van der Waals surface area contributed by atoms with Crippen LogP contribution in [0.15, 0.2) is 122 Å². The van der Waals surface area contributed by atoms with E-state index < -0.39 is 12.1 Å². The lowest BCUT2D eigenvalue weighted by Crippen LogP contribution is -2.45. The van der Waals surface area contributed by atoms with Crippen LogP contribution in [-0.4, -0.2) is 34.9 Å². The Balaban J connectivity index is 3.71.